The molecule has 0 spiro atoms. The van der Waals surface area contributed by atoms with Gasteiger partial charge in [-0.3, -0.25) is 0 Å². The minimum absolute atomic E-state index is 0.0961. The van der Waals surface area contributed by atoms with Crippen molar-refractivity contribution in [3.63, 3.8) is 0 Å². The van der Waals surface area contributed by atoms with E-state index in [2.05, 4.69) is 30.8 Å². The van der Waals surface area contributed by atoms with Crippen molar-refractivity contribution in [2.45, 2.75) is 70.3 Å². The van der Waals surface area contributed by atoms with E-state index in [4.69, 9.17) is 4.74 Å². The monoisotopic (exact) mass is 383 g/mol. The quantitative estimate of drug-likeness (QED) is 0.622. The Balaban J connectivity index is 1.78. The van der Waals surface area contributed by atoms with E-state index in [0.717, 1.165) is 50.9 Å². The van der Waals surface area contributed by atoms with E-state index >= 15 is 0 Å². The van der Waals surface area contributed by atoms with Gasteiger partial charge in [-0.1, -0.05) is 13.8 Å². The van der Waals surface area contributed by atoms with Crippen molar-refractivity contribution in [3.05, 3.63) is 11.9 Å². The van der Waals surface area contributed by atoms with E-state index < -0.39 is 9.84 Å². The van der Waals surface area contributed by atoms with Crippen molar-refractivity contribution in [3.8, 4) is 0 Å². The molecule has 148 valence electrons. The summed E-state index contributed by atoms with van der Waals surface area (Å²) < 4.78 is 33.4. The van der Waals surface area contributed by atoms with Crippen molar-refractivity contribution >= 4 is 9.84 Å². The zero-order valence-electron chi connectivity index (χ0n) is 16.4. The van der Waals surface area contributed by atoms with Crippen LogP contribution in [0.2, 0.25) is 0 Å². The van der Waals surface area contributed by atoms with Crippen molar-refractivity contribution < 1.29 is 13.2 Å². The minimum Gasteiger partial charge on any atom is -0.376 e. The SMILES string of the molecule is CC(C)CCN(C)Cc1cnc(S(=O)(=O)CC2CC2)n1CC1CCCO1. The molecule has 6 nitrogen and oxygen atoms in total. The molecule has 1 aliphatic carbocycles. The molecule has 1 aromatic rings. The second kappa shape index (κ2) is 8.40. The molecule has 0 radical (unpaired) electrons. The number of nitrogens with zero attached hydrogens (tertiary/aromatic N) is 3. The fourth-order valence-electron chi connectivity index (χ4n) is 3.46. The maximum atomic E-state index is 12.9. The maximum Gasteiger partial charge on any atom is 0.227 e. The van der Waals surface area contributed by atoms with Gasteiger partial charge in [-0.2, -0.15) is 0 Å². The fourth-order valence-corrected chi connectivity index (χ4v) is 5.30. The summed E-state index contributed by atoms with van der Waals surface area (Å²) in [6.45, 7) is 7.51. The number of imidazole rings is 1. The first-order valence-corrected chi connectivity index (χ1v) is 11.6. The molecular formula is C19H33N3O3S. The average molecular weight is 384 g/mol. The van der Waals surface area contributed by atoms with Gasteiger partial charge in [0.15, 0.2) is 0 Å². The van der Waals surface area contributed by atoms with Gasteiger partial charge < -0.3 is 14.2 Å². The highest BCUT2D eigenvalue weighted by Gasteiger charge is 2.33. The Labute approximate surface area is 157 Å². The molecule has 7 heteroatoms. The second-order valence-corrected chi connectivity index (χ2v) is 10.4. The number of aromatic nitrogens is 2. The van der Waals surface area contributed by atoms with Crippen LogP contribution in [0, 0.1) is 11.8 Å². The van der Waals surface area contributed by atoms with Gasteiger partial charge in [0, 0.05) is 13.2 Å². The summed E-state index contributed by atoms with van der Waals surface area (Å²) in [4.78, 5) is 6.60. The molecule has 1 atom stereocenters. The molecule has 26 heavy (non-hydrogen) atoms. The highest BCUT2D eigenvalue weighted by atomic mass is 32.2. The first-order chi connectivity index (χ1) is 12.3. The van der Waals surface area contributed by atoms with Gasteiger partial charge in [0.1, 0.15) is 0 Å². The molecule has 1 saturated carbocycles. The van der Waals surface area contributed by atoms with E-state index in [0.29, 0.717) is 24.9 Å². The molecule has 1 saturated heterocycles. The predicted octanol–water partition coefficient (Wildman–Crippen LogP) is 2.72. The summed E-state index contributed by atoms with van der Waals surface area (Å²) in [6, 6.07) is 0. The van der Waals surface area contributed by atoms with E-state index in [9.17, 15) is 8.42 Å². The predicted molar refractivity (Wildman–Crippen MR) is 102 cm³/mol. The third-order valence-corrected chi connectivity index (χ3v) is 7.05. The van der Waals surface area contributed by atoms with Crippen LogP contribution in [-0.4, -0.2) is 54.9 Å². The molecule has 1 aromatic heterocycles. The third-order valence-electron chi connectivity index (χ3n) is 5.26. The van der Waals surface area contributed by atoms with Gasteiger partial charge >= 0.3 is 0 Å². The summed E-state index contributed by atoms with van der Waals surface area (Å²) in [5, 5.41) is 0.243. The molecule has 2 heterocycles. The lowest BCUT2D eigenvalue weighted by molar-refractivity contribution is 0.0934. The van der Waals surface area contributed by atoms with Crippen molar-refractivity contribution in [2.75, 3.05) is 26.0 Å². The number of sulfone groups is 1. The Kier molecular flexibility index (Phi) is 6.41. The Bertz CT molecular complexity index is 689. The molecule has 1 aliphatic heterocycles. The number of rotatable bonds is 10. The zero-order chi connectivity index (χ0) is 18.7. The molecule has 0 N–H and O–H groups in total. The molecule has 3 rings (SSSR count). The Morgan fingerprint density at radius 2 is 2.12 bits per heavy atom. The standard InChI is InChI=1S/C19H33N3O3S/c1-15(2)8-9-21(3)12-17-11-20-19(26(23,24)14-16-6-7-16)22(17)13-18-5-4-10-25-18/h11,15-16,18H,4-10,12-14H2,1-3H3. The lowest BCUT2D eigenvalue weighted by Gasteiger charge is -2.21. The van der Waals surface area contributed by atoms with Gasteiger partial charge in [0.05, 0.1) is 30.3 Å². The van der Waals surface area contributed by atoms with Crippen molar-refractivity contribution in [1.82, 2.24) is 14.5 Å². The molecule has 0 bridgehead atoms. The maximum absolute atomic E-state index is 12.9. The molecule has 0 amide bonds. The first-order valence-electron chi connectivity index (χ1n) is 9.92. The highest BCUT2D eigenvalue weighted by molar-refractivity contribution is 7.91. The topological polar surface area (TPSA) is 64.4 Å². The van der Waals surface area contributed by atoms with E-state index in [1.165, 1.54) is 0 Å². The summed E-state index contributed by atoms with van der Waals surface area (Å²) >= 11 is 0. The molecule has 1 unspecified atom stereocenters. The lowest BCUT2D eigenvalue weighted by atomic mass is 10.1. The largest absolute Gasteiger partial charge is 0.376 e. The first kappa shape index (κ1) is 19.8. The Morgan fingerprint density at radius 3 is 2.73 bits per heavy atom. The number of hydrogen-bond donors (Lipinski definition) is 0. The van der Waals surface area contributed by atoms with Crippen LogP contribution in [-0.2, 0) is 27.7 Å². The van der Waals surface area contributed by atoms with Gasteiger partial charge in [-0.05, 0) is 57.5 Å². The van der Waals surface area contributed by atoms with Crippen LogP contribution in [0.25, 0.3) is 0 Å². The highest BCUT2D eigenvalue weighted by Crippen LogP contribution is 2.32. The van der Waals surface area contributed by atoms with Crippen LogP contribution in [0.15, 0.2) is 11.4 Å². The van der Waals surface area contributed by atoms with E-state index in [1.807, 2.05) is 4.57 Å². The summed E-state index contributed by atoms with van der Waals surface area (Å²) in [5.74, 6) is 1.21. The van der Waals surface area contributed by atoms with Gasteiger partial charge in [0.2, 0.25) is 15.0 Å². The van der Waals surface area contributed by atoms with Crippen LogP contribution in [0.5, 0.6) is 0 Å². The molecule has 2 fully saturated rings. The van der Waals surface area contributed by atoms with Crippen LogP contribution in [0.1, 0.15) is 51.6 Å². The van der Waals surface area contributed by atoms with Crippen molar-refractivity contribution in [2.24, 2.45) is 11.8 Å². The van der Waals surface area contributed by atoms with E-state index in [1.54, 1.807) is 6.20 Å². The van der Waals surface area contributed by atoms with Crippen LogP contribution in [0.4, 0.5) is 0 Å². The summed E-state index contributed by atoms with van der Waals surface area (Å²) in [7, 11) is -1.24. The van der Waals surface area contributed by atoms with Gasteiger partial charge in [-0.25, -0.2) is 13.4 Å². The lowest BCUT2D eigenvalue weighted by Crippen LogP contribution is -2.26. The fraction of sp³-hybridized carbons (Fsp3) is 0.842. The molecule has 2 aliphatic rings. The minimum atomic E-state index is -3.33. The van der Waals surface area contributed by atoms with Crippen LogP contribution >= 0.6 is 0 Å². The summed E-state index contributed by atoms with van der Waals surface area (Å²) in [5.41, 5.74) is 0.973. The number of hydrogen-bond acceptors (Lipinski definition) is 5. The molecular weight excluding hydrogens is 350 g/mol. The number of ether oxygens (including phenoxy) is 1. The second-order valence-electron chi connectivity index (χ2n) is 8.42. The van der Waals surface area contributed by atoms with Crippen LogP contribution < -0.4 is 0 Å². The smallest absolute Gasteiger partial charge is 0.227 e. The average Bonchev–Trinajstić information content (AvgIpc) is 3.06. The Morgan fingerprint density at radius 1 is 1.35 bits per heavy atom. The van der Waals surface area contributed by atoms with E-state index in [-0.39, 0.29) is 17.0 Å². The van der Waals surface area contributed by atoms with Crippen molar-refractivity contribution in [1.29, 1.82) is 0 Å². The zero-order valence-corrected chi connectivity index (χ0v) is 17.2. The Hall–Kier alpha value is -0.920. The van der Waals surface area contributed by atoms with Gasteiger partial charge in [-0.15, -0.1) is 0 Å². The third kappa shape index (κ3) is 5.30. The molecule has 0 aromatic carbocycles. The summed E-state index contributed by atoms with van der Waals surface area (Å²) in [6.07, 6.45) is 7.06. The normalized spacial score (nSPS) is 21.2. The van der Waals surface area contributed by atoms with Crippen LogP contribution in [0.3, 0.4) is 0 Å². The van der Waals surface area contributed by atoms with Gasteiger partial charge in [0.25, 0.3) is 0 Å².